The fourth-order valence-corrected chi connectivity index (χ4v) is 4.14. The lowest BCUT2D eigenvalue weighted by Crippen LogP contribution is -2.22. The SMILES string of the molecule is CCn1c(SCc2nnc(Cc3ccccc3)o2)nc2ccc(Br)cc2c1=O. The van der Waals surface area contributed by atoms with Crippen LogP contribution >= 0.6 is 27.7 Å². The maximum atomic E-state index is 12.8. The van der Waals surface area contributed by atoms with Crippen LogP contribution < -0.4 is 5.56 Å². The van der Waals surface area contributed by atoms with Gasteiger partial charge in [-0.2, -0.15) is 0 Å². The molecule has 0 aliphatic carbocycles. The van der Waals surface area contributed by atoms with Crippen LogP contribution in [-0.4, -0.2) is 19.7 Å². The Hall–Kier alpha value is -2.45. The topological polar surface area (TPSA) is 73.8 Å². The highest BCUT2D eigenvalue weighted by Crippen LogP contribution is 2.23. The highest BCUT2D eigenvalue weighted by atomic mass is 79.9. The lowest BCUT2D eigenvalue weighted by molar-refractivity contribution is 0.473. The number of aromatic nitrogens is 4. The first-order valence-electron chi connectivity index (χ1n) is 8.82. The lowest BCUT2D eigenvalue weighted by Gasteiger charge is -2.10. The lowest BCUT2D eigenvalue weighted by atomic mass is 10.2. The van der Waals surface area contributed by atoms with Crippen molar-refractivity contribution in [3.8, 4) is 0 Å². The molecule has 6 nitrogen and oxygen atoms in total. The zero-order chi connectivity index (χ0) is 19.5. The molecule has 0 atom stereocenters. The van der Waals surface area contributed by atoms with E-state index in [1.807, 2.05) is 49.4 Å². The molecule has 0 aliphatic rings. The van der Waals surface area contributed by atoms with Gasteiger partial charge in [0, 0.05) is 11.0 Å². The summed E-state index contributed by atoms with van der Waals surface area (Å²) in [5.74, 6) is 1.55. The van der Waals surface area contributed by atoms with E-state index in [1.54, 1.807) is 10.6 Å². The Kier molecular flexibility index (Phi) is 5.59. The molecule has 0 amide bonds. The molecule has 8 heteroatoms. The van der Waals surface area contributed by atoms with Gasteiger partial charge in [0.2, 0.25) is 11.8 Å². The van der Waals surface area contributed by atoms with Crippen molar-refractivity contribution in [2.24, 2.45) is 0 Å². The number of halogens is 1. The molecule has 0 saturated heterocycles. The largest absolute Gasteiger partial charge is 0.424 e. The van der Waals surface area contributed by atoms with Crippen LogP contribution in [-0.2, 0) is 18.7 Å². The molecule has 142 valence electrons. The summed E-state index contributed by atoms with van der Waals surface area (Å²) in [5, 5.41) is 9.48. The van der Waals surface area contributed by atoms with E-state index in [1.165, 1.54) is 11.8 Å². The molecule has 0 unspecified atom stereocenters. The summed E-state index contributed by atoms with van der Waals surface area (Å²) >= 11 is 4.83. The summed E-state index contributed by atoms with van der Waals surface area (Å²) in [4.78, 5) is 17.4. The monoisotopic (exact) mass is 456 g/mol. The Morgan fingerprint density at radius 2 is 1.89 bits per heavy atom. The third kappa shape index (κ3) is 4.02. The van der Waals surface area contributed by atoms with E-state index in [4.69, 9.17) is 4.42 Å². The Labute approximate surface area is 174 Å². The van der Waals surface area contributed by atoms with Gasteiger partial charge in [-0.05, 0) is 30.7 Å². The molecule has 0 N–H and O–H groups in total. The van der Waals surface area contributed by atoms with E-state index in [2.05, 4.69) is 31.1 Å². The molecule has 0 radical (unpaired) electrons. The average Bonchev–Trinajstić information content (AvgIpc) is 3.15. The van der Waals surface area contributed by atoms with Gasteiger partial charge >= 0.3 is 0 Å². The first-order valence-corrected chi connectivity index (χ1v) is 10.6. The van der Waals surface area contributed by atoms with Crippen LogP contribution in [0.3, 0.4) is 0 Å². The second kappa shape index (κ2) is 8.28. The maximum absolute atomic E-state index is 12.8. The molecule has 0 bridgehead atoms. The normalized spacial score (nSPS) is 11.2. The van der Waals surface area contributed by atoms with Gasteiger partial charge in [0.25, 0.3) is 5.56 Å². The van der Waals surface area contributed by atoms with Crippen LogP contribution in [0, 0.1) is 0 Å². The van der Waals surface area contributed by atoms with Crippen molar-refractivity contribution < 1.29 is 4.42 Å². The van der Waals surface area contributed by atoms with Crippen LogP contribution in [0.4, 0.5) is 0 Å². The molecular weight excluding hydrogens is 440 g/mol. The molecule has 0 saturated carbocycles. The van der Waals surface area contributed by atoms with Crippen LogP contribution in [0.25, 0.3) is 10.9 Å². The zero-order valence-corrected chi connectivity index (χ0v) is 17.5. The van der Waals surface area contributed by atoms with E-state index in [0.717, 1.165) is 10.0 Å². The van der Waals surface area contributed by atoms with Crippen molar-refractivity contribution in [3.05, 3.63) is 80.7 Å². The number of hydrogen-bond acceptors (Lipinski definition) is 6. The molecule has 0 spiro atoms. The number of thioether (sulfide) groups is 1. The van der Waals surface area contributed by atoms with Crippen molar-refractivity contribution >= 4 is 38.6 Å². The van der Waals surface area contributed by atoms with Crippen LogP contribution in [0.5, 0.6) is 0 Å². The van der Waals surface area contributed by atoms with Crippen molar-refractivity contribution in [3.63, 3.8) is 0 Å². The first kappa shape index (κ1) is 18.9. The Balaban J connectivity index is 1.54. The van der Waals surface area contributed by atoms with Gasteiger partial charge in [0.1, 0.15) is 0 Å². The highest BCUT2D eigenvalue weighted by molar-refractivity contribution is 9.10. The molecule has 28 heavy (non-hydrogen) atoms. The van der Waals surface area contributed by atoms with E-state index >= 15 is 0 Å². The smallest absolute Gasteiger partial charge is 0.262 e. The fourth-order valence-electron chi connectivity index (χ4n) is 2.88. The molecule has 4 aromatic rings. The second-order valence-electron chi connectivity index (χ2n) is 6.15. The maximum Gasteiger partial charge on any atom is 0.262 e. The van der Waals surface area contributed by atoms with Crippen LogP contribution in [0.15, 0.2) is 67.4 Å². The summed E-state index contributed by atoms with van der Waals surface area (Å²) in [5.41, 5.74) is 1.75. The zero-order valence-electron chi connectivity index (χ0n) is 15.1. The Morgan fingerprint density at radius 1 is 1.11 bits per heavy atom. The molecular formula is C20H17BrN4O2S. The molecule has 0 aliphatic heterocycles. The van der Waals surface area contributed by atoms with E-state index in [9.17, 15) is 4.79 Å². The van der Waals surface area contributed by atoms with Gasteiger partial charge in [0.15, 0.2) is 5.16 Å². The molecule has 2 aromatic carbocycles. The van der Waals surface area contributed by atoms with Gasteiger partial charge in [-0.1, -0.05) is 58.0 Å². The van der Waals surface area contributed by atoms with Gasteiger partial charge < -0.3 is 4.42 Å². The third-order valence-electron chi connectivity index (χ3n) is 4.23. The van der Waals surface area contributed by atoms with E-state index in [0.29, 0.717) is 46.6 Å². The van der Waals surface area contributed by atoms with E-state index in [-0.39, 0.29) is 5.56 Å². The summed E-state index contributed by atoms with van der Waals surface area (Å²) in [6.07, 6.45) is 0.598. The highest BCUT2D eigenvalue weighted by Gasteiger charge is 2.13. The molecule has 4 rings (SSSR count). The van der Waals surface area contributed by atoms with Gasteiger partial charge in [0.05, 0.1) is 23.1 Å². The van der Waals surface area contributed by atoms with Gasteiger partial charge in [-0.3, -0.25) is 9.36 Å². The van der Waals surface area contributed by atoms with Crippen LogP contribution in [0.2, 0.25) is 0 Å². The van der Waals surface area contributed by atoms with E-state index < -0.39 is 0 Å². The van der Waals surface area contributed by atoms with Crippen molar-refractivity contribution in [2.45, 2.75) is 30.8 Å². The standard InChI is InChI=1S/C20H17BrN4O2S/c1-2-25-19(26)15-11-14(21)8-9-16(15)22-20(25)28-12-18-24-23-17(27-18)10-13-6-4-3-5-7-13/h3-9,11H,2,10,12H2,1H3. The minimum atomic E-state index is -0.0494. The molecule has 2 heterocycles. The number of nitrogens with zero attached hydrogens (tertiary/aromatic N) is 4. The number of fused-ring (bicyclic) bond motifs is 1. The summed E-state index contributed by atoms with van der Waals surface area (Å²) < 4.78 is 8.28. The molecule has 0 fully saturated rings. The summed E-state index contributed by atoms with van der Waals surface area (Å²) in [6.45, 7) is 2.47. The van der Waals surface area contributed by atoms with Gasteiger partial charge in [-0.15, -0.1) is 10.2 Å². The predicted molar refractivity (Wildman–Crippen MR) is 112 cm³/mol. The number of benzene rings is 2. The fraction of sp³-hybridized carbons (Fsp3) is 0.200. The quantitative estimate of drug-likeness (QED) is 0.315. The summed E-state index contributed by atoms with van der Waals surface area (Å²) in [7, 11) is 0. The molecule has 2 aromatic heterocycles. The van der Waals surface area contributed by atoms with Gasteiger partial charge in [-0.25, -0.2) is 4.98 Å². The van der Waals surface area contributed by atoms with Crippen LogP contribution in [0.1, 0.15) is 24.3 Å². The Morgan fingerprint density at radius 3 is 2.68 bits per heavy atom. The number of rotatable bonds is 6. The average molecular weight is 457 g/mol. The second-order valence-corrected chi connectivity index (χ2v) is 8.00. The van der Waals surface area contributed by atoms with Crippen molar-refractivity contribution in [1.29, 1.82) is 0 Å². The number of hydrogen-bond donors (Lipinski definition) is 0. The minimum absolute atomic E-state index is 0.0494. The minimum Gasteiger partial charge on any atom is -0.424 e. The summed E-state index contributed by atoms with van der Waals surface area (Å²) in [6, 6.07) is 15.5. The van der Waals surface area contributed by atoms with Crippen molar-refractivity contribution in [2.75, 3.05) is 0 Å². The predicted octanol–water partition coefficient (Wildman–Crippen LogP) is 4.45. The third-order valence-corrected chi connectivity index (χ3v) is 5.68. The Bertz CT molecular complexity index is 1170. The first-order chi connectivity index (χ1) is 13.6. The van der Waals surface area contributed by atoms with Crippen molar-refractivity contribution in [1.82, 2.24) is 19.7 Å².